The lowest BCUT2D eigenvalue weighted by Crippen LogP contribution is -2.30. The van der Waals surface area contributed by atoms with Crippen molar-refractivity contribution >= 4 is 29.5 Å². The smallest absolute Gasteiger partial charge is 0.109 e. The number of fused-ring (bicyclic) bond motifs is 3. The molecule has 0 atom stereocenters. The minimum Gasteiger partial charge on any atom is -0.512 e. The molecule has 0 fully saturated rings. The van der Waals surface area contributed by atoms with Gasteiger partial charge in [0.2, 0.25) is 0 Å². The predicted octanol–water partition coefficient (Wildman–Crippen LogP) is 2.95. The monoisotopic (exact) mass is 264 g/mol. The Bertz CT molecular complexity index is 857. The van der Waals surface area contributed by atoms with Gasteiger partial charge in [-0.2, -0.15) is 0 Å². The van der Waals surface area contributed by atoms with Gasteiger partial charge in [-0.15, -0.1) is 0 Å². The molecule has 1 aliphatic carbocycles. The second-order valence-electron chi connectivity index (χ2n) is 5.10. The molecule has 0 saturated carbocycles. The molecule has 2 heteroatoms. The van der Waals surface area contributed by atoms with Gasteiger partial charge < -0.3 is 10.2 Å². The van der Waals surface area contributed by atoms with Crippen LogP contribution in [0.3, 0.4) is 0 Å². The summed E-state index contributed by atoms with van der Waals surface area (Å²) in [6, 6.07) is 7.96. The highest BCUT2D eigenvalue weighted by molar-refractivity contribution is 5.93. The van der Waals surface area contributed by atoms with E-state index in [0.717, 1.165) is 38.8 Å². The van der Waals surface area contributed by atoms with Crippen LogP contribution in [0.5, 0.6) is 0 Å². The highest BCUT2D eigenvalue weighted by Crippen LogP contribution is 2.25. The molecule has 2 aromatic rings. The number of hydrogen-bond donors (Lipinski definition) is 2. The standard InChI is InChI=1S/C18H16O2/c1-11(19)9-17-12(2)14-8-7-13(20)10-18(14)16-6-4-3-5-15(16)17/h3-6,9-10,19-20H,1-2,7-8H2/b17-9+. The Morgan fingerprint density at radius 1 is 1.15 bits per heavy atom. The summed E-state index contributed by atoms with van der Waals surface area (Å²) in [5.74, 6) is 0.430. The molecule has 0 aromatic heterocycles. The highest BCUT2D eigenvalue weighted by Gasteiger charge is 2.15. The maximum Gasteiger partial charge on any atom is 0.109 e. The van der Waals surface area contributed by atoms with Crippen LogP contribution in [0.25, 0.3) is 29.5 Å². The summed E-state index contributed by atoms with van der Waals surface area (Å²) < 4.78 is 0. The molecular formula is C18H16O2. The average molecular weight is 264 g/mol. The van der Waals surface area contributed by atoms with Crippen molar-refractivity contribution in [2.75, 3.05) is 0 Å². The van der Waals surface area contributed by atoms with Crippen LogP contribution in [-0.2, 0) is 6.42 Å². The third kappa shape index (κ3) is 1.90. The molecule has 3 rings (SSSR count). The van der Waals surface area contributed by atoms with Crippen LogP contribution in [0.15, 0.2) is 42.4 Å². The third-order valence-electron chi connectivity index (χ3n) is 3.77. The molecule has 0 spiro atoms. The van der Waals surface area contributed by atoms with E-state index >= 15 is 0 Å². The molecular weight excluding hydrogens is 248 g/mol. The molecule has 0 amide bonds. The molecule has 0 unspecified atom stereocenters. The SMILES string of the molecule is C=C(O)/C=c1\c(=C)c2c(c3ccccc13)C=C(O)CC2. The molecule has 2 nitrogen and oxygen atoms in total. The first-order chi connectivity index (χ1) is 9.58. The largest absolute Gasteiger partial charge is 0.512 e. The van der Waals surface area contributed by atoms with Crippen molar-refractivity contribution in [3.05, 3.63) is 63.9 Å². The summed E-state index contributed by atoms with van der Waals surface area (Å²) in [7, 11) is 0. The zero-order valence-electron chi connectivity index (χ0n) is 11.2. The summed E-state index contributed by atoms with van der Waals surface area (Å²) in [4.78, 5) is 0. The number of hydrogen-bond acceptors (Lipinski definition) is 2. The van der Waals surface area contributed by atoms with Gasteiger partial charge in [-0.3, -0.25) is 0 Å². The summed E-state index contributed by atoms with van der Waals surface area (Å²) in [6.07, 6.45) is 4.88. The lowest BCUT2D eigenvalue weighted by Gasteiger charge is -2.17. The van der Waals surface area contributed by atoms with Crippen LogP contribution in [0.4, 0.5) is 0 Å². The quantitative estimate of drug-likeness (QED) is 0.777. The van der Waals surface area contributed by atoms with Gasteiger partial charge in [-0.1, -0.05) is 37.4 Å². The fourth-order valence-electron chi connectivity index (χ4n) is 2.88. The van der Waals surface area contributed by atoms with E-state index in [1.54, 1.807) is 6.08 Å². The zero-order chi connectivity index (χ0) is 14.3. The maximum absolute atomic E-state index is 9.80. The first kappa shape index (κ1) is 12.5. The molecule has 0 radical (unpaired) electrons. The average Bonchev–Trinajstić information content (AvgIpc) is 2.43. The molecule has 0 heterocycles. The molecule has 100 valence electrons. The minimum absolute atomic E-state index is 0.0224. The molecule has 20 heavy (non-hydrogen) atoms. The minimum atomic E-state index is 0.0224. The van der Waals surface area contributed by atoms with Crippen molar-refractivity contribution in [1.29, 1.82) is 0 Å². The molecule has 2 aromatic carbocycles. The number of aliphatic hydroxyl groups is 2. The Morgan fingerprint density at radius 3 is 2.55 bits per heavy atom. The first-order valence-electron chi connectivity index (χ1n) is 6.59. The van der Waals surface area contributed by atoms with Crippen molar-refractivity contribution in [3.8, 4) is 0 Å². The summed E-state index contributed by atoms with van der Waals surface area (Å²) in [6.45, 7) is 7.71. The van der Waals surface area contributed by atoms with Gasteiger partial charge in [0.25, 0.3) is 0 Å². The van der Waals surface area contributed by atoms with Crippen LogP contribution in [0.1, 0.15) is 17.5 Å². The number of rotatable bonds is 1. The van der Waals surface area contributed by atoms with Crippen LogP contribution in [0.2, 0.25) is 0 Å². The van der Waals surface area contributed by atoms with Crippen molar-refractivity contribution < 1.29 is 10.2 Å². The third-order valence-corrected chi connectivity index (χ3v) is 3.77. The highest BCUT2D eigenvalue weighted by atomic mass is 16.3. The van der Waals surface area contributed by atoms with Gasteiger partial charge in [-0.25, -0.2) is 0 Å². The van der Waals surface area contributed by atoms with Crippen molar-refractivity contribution in [3.63, 3.8) is 0 Å². The Balaban J connectivity index is 2.56. The molecule has 0 saturated heterocycles. The van der Waals surface area contributed by atoms with E-state index in [0.29, 0.717) is 12.2 Å². The van der Waals surface area contributed by atoms with E-state index in [1.165, 1.54) is 0 Å². The van der Waals surface area contributed by atoms with E-state index in [9.17, 15) is 10.2 Å². The van der Waals surface area contributed by atoms with Crippen LogP contribution in [0, 0.1) is 0 Å². The molecule has 1 aliphatic rings. The van der Waals surface area contributed by atoms with Gasteiger partial charge in [-0.05, 0) is 50.9 Å². The normalized spacial score (nSPS) is 15.0. The van der Waals surface area contributed by atoms with E-state index in [-0.39, 0.29) is 5.76 Å². The zero-order valence-corrected chi connectivity index (χ0v) is 11.2. The van der Waals surface area contributed by atoms with Crippen LogP contribution >= 0.6 is 0 Å². The van der Waals surface area contributed by atoms with E-state index in [1.807, 2.05) is 30.3 Å². The van der Waals surface area contributed by atoms with Gasteiger partial charge in [0.15, 0.2) is 0 Å². The predicted molar refractivity (Wildman–Crippen MR) is 83.9 cm³/mol. The lowest BCUT2D eigenvalue weighted by atomic mass is 9.88. The number of aliphatic hydroxyl groups excluding tert-OH is 2. The van der Waals surface area contributed by atoms with Crippen LogP contribution < -0.4 is 10.4 Å². The molecule has 0 bridgehead atoms. The van der Waals surface area contributed by atoms with Crippen molar-refractivity contribution in [1.82, 2.24) is 0 Å². The van der Waals surface area contributed by atoms with E-state index in [2.05, 4.69) is 13.2 Å². The number of allylic oxidation sites excluding steroid dienone is 2. The second-order valence-corrected chi connectivity index (χ2v) is 5.10. The van der Waals surface area contributed by atoms with E-state index < -0.39 is 0 Å². The Labute approximate surface area is 117 Å². The Kier molecular flexibility index (Phi) is 2.87. The van der Waals surface area contributed by atoms with Crippen LogP contribution in [-0.4, -0.2) is 10.2 Å². The Morgan fingerprint density at radius 2 is 1.85 bits per heavy atom. The van der Waals surface area contributed by atoms with E-state index in [4.69, 9.17) is 0 Å². The summed E-state index contributed by atoms with van der Waals surface area (Å²) >= 11 is 0. The van der Waals surface area contributed by atoms with Gasteiger partial charge in [0, 0.05) is 6.42 Å². The van der Waals surface area contributed by atoms with Gasteiger partial charge in [0.05, 0.1) is 5.76 Å². The number of benzene rings is 2. The lowest BCUT2D eigenvalue weighted by molar-refractivity contribution is 0.391. The van der Waals surface area contributed by atoms with Gasteiger partial charge in [0.1, 0.15) is 5.76 Å². The maximum atomic E-state index is 9.80. The topological polar surface area (TPSA) is 40.5 Å². The summed E-state index contributed by atoms with van der Waals surface area (Å²) in [5, 5.41) is 23.2. The molecule has 2 N–H and O–H groups in total. The van der Waals surface area contributed by atoms with Crippen molar-refractivity contribution in [2.45, 2.75) is 12.8 Å². The summed E-state index contributed by atoms with van der Waals surface area (Å²) in [5.41, 5.74) is 2.17. The van der Waals surface area contributed by atoms with Crippen molar-refractivity contribution in [2.24, 2.45) is 0 Å². The second kappa shape index (κ2) is 4.57. The fraction of sp³-hybridized carbons (Fsp3) is 0.111. The first-order valence-corrected chi connectivity index (χ1v) is 6.59. The molecule has 0 aliphatic heterocycles. The Hall–Kier alpha value is -2.48. The van der Waals surface area contributed by atoms with Gasteiger partial charge >= 0.3 is 0 Å². The fourth-order valence-corrected chi connectivity index (χ4v) is 2.88.